The van der Waals surface area contributed by atoms with E-state index in [9.17, 15) is 19.5 Å². The van der Waals surface area contributed by atoms with E-state index in [2.05, 4.69) is 59.1 Å². The molecule has 1 N–H and O–H groups in total. The molecule has 0 saturated carbocycles. The number of rotatable bonds is 17. The Labute approximate surface area is 425 Å². The van der Waals surface area contributed by atoms with Gasteiger partial charge in [0, 0.05) is 149 Å². The number of esters is 2. The third-order valence-electron chi connectivity index (χ3n) is 12.1. The van der Waals surface area contributed by atoms with Crippen LogP contribution >= 0.6 is 11.6 Å². The van der Waals surface area contributed by atoms with Gasteiger partial charge in [0.05, 0.1) is 34.0 Å². The van der Waals surface area contributed by atoms with Crippen LogP contribution in [0.25, 0.3) is 22.8 Å². The smallest absolute Gasteiger partial charge is 0.356 e. The first-order valence-corrected chi connectivity index (χ1v) is 24.1. The van der Waals surface area contributed by atoms with Gasteiger partial charge in [0.2, 0.25) is 5.28 Å². The lowest BCUT2D eigenvalue weighted by molar-refractivity contribution is 0.0585. The number of aromatic carboxylic acids is 1. The summed E-state index contributed by atoms with van der Waals surface area (Å²) >= 11 is 5.88. The van der Waals surface area contributed by atoms with Gasteiger partial charge in [-0.25, -0.2) is 44.3 Å². The third-order valence-corrected chi connectivity index (χ3v) is 12.3. The number of hydrogen-bond acceptors (Lipinski definition) is 20. The summed E-state index contributed by atoms with van der Waals surface area (Å²) in [6, 6.07) is 24.0. The van der Waals surface area contributed by atoms with E-state index in [0.29, 0.717) is 23.3 Å². The number of benzene rings is 2. The van der Waals surface area contributed by atoms with Crippen molar-refractivity contribution in [1.29, 1.82) is 0 Å². The number of ether oxygens (including phenoxy) is 5. The van der Waals surface area contributed by atoms with E-state index in [1.165, 1.54) is 14.2 Å². The summed E-state index contributed by atoms with van der Waals surface area (Å²) in [5.74, 6) is 1.04. The SMILES string of the molecule is COCCN1CCN(c2cc(C(=O)O)nc(-c3ccccc3)n2)CC1.COCCN1CCN(c2cc(C(=O)OC)nc(-c3ccccc3)n2)CC1.COCCN1CCN(c2cc(C(=O)OC)nc(Cl)n2)CC1. The molecule has 3 fully saturated rings. The van der Waals surface area contributed by atoms with E-state index < -0.39 is 17.9 Å². The normalized spacial score (nSPS) is 15.4. The maximum absolute atomic E-state index is 12.0. The Balaban J connectivity index is 0.000000178. The summed E-state index contributed by atoms with van der Waals surface area (Å²) in [4.78, 5) is 74.4. The average Bonchev–Trinajstić information content (AvgIpc) is 3.43. The van der Waals surface area contributed by atoms with Gasteiger partial charge in [-0.1, -0.05) is 60.7 Å². The molecule has 0 unspecified atom stereocenters. The predicted octanol–water partition coefficient (Wildman–Crippen LogP) is 3.99. The molecule has 22 heteroatoms. The summed E-state index contributed by atoms with van der Waals surface area (Å²) in [6.45, 7) is 15.3. The molecule has 3 aliphatic rings. The zero-order chi connectivity index (χ0) is 51.2. The largest absolute Gasteiger partial charge is 0.477 e. The van der Waals surface area contributed by atoms with Crippen molar-refractivity contribution in [3.8, 4) is 22.8 Å². The molecule has 5 aromatic rings. The van der Waals surface area contributed by atoms with Crippen molar-refractivity contribution in [3.63, 3.8) is 0 Å². The summed E-state index contributed by atoms with van der Waals surface area (Å²) in [7, 11) is 7.80. The molecule has 2 aromatic carbocycles. The molecule has 21 nitrogen and oxygen atoms in total. The van der Waals surface area contributed by atoms with Gasteiger partial charge in [-0.2, -0.15) is 0 Å². The molecule has 0 atom stereocenters. The standard InChI is InChI=1S/C19H24N4O3.C18H22N4O3.C13H19ClN4O3/c1-25-13-12-22-8-10-23(11-9-22)17-14-16(19(24)26-2)20-18(21-17)15-6-4-3-5-7-15;1-25-12-11-21-7-9-22(10-8-21)16-13-15(18(23)24)19-17(20-16)14-5-3-2-4-6-14;1-20-8-7-17-3-5-18(6-4-17)11-9-10(12(19)21-2)15-13(14)16-11/h3-7,14H,8-13H2,1-2H3;2-6,13H,7-12H2,1H3,(H,23,24);9H,3-8H2,1-2H3. The number of carboxylic acids is 1. The van der Waals surface area contributed by atoms with Gasteiger partial charge >= 0.3 is 17.9 Å². The van der Waals surface area contributed by atoms with Crippen LogP contribution in [0.2, 0.25) is 5.28 Å². The van der Waals surface area contributed by atoms with E-state index in [-0.39, 0.29) is 22.4 Å². The lowest BCUT2D eigenvalue weighted by Crippen LogP contribution is -2.47. The van der Waals surface area contributed by atoms with E-state index in [1.807, 2.05) is 60.7 Å². The number of halogens is 1. The van der Waals surface area contributed by atoms with Gasteiger partial charge in [-0.15, -0.1) is 0 Å². The maximum Gasteiger partial charge on any atom is 0.356 e. The van der Waals surface area contributed by atoms with Crippen LogP contribution in [-0.2, 0) is 23.7 Å². The van der Waals surface area contributed by atoms with Gasteiger partial charge < -0.3 is 43.5 Å². The van der Waals surface area contributed by atoms with E-state index in [1.54, 1.807) is 39.5 Å². The van der Waals surface area contributed by atoms with Crippen LogP contribution in [0, 0.1) is 0 Å². The number of piperazine rings is 3. The molecule has 386 valence electrons. The van der Waals surface area contributed by atoms with Crippen molar-refractivity contribution in [2.75, 3.05) is 168 Å². The van der Waals surface area contributed by atoms with Crippen LogP contribution in [0.3, 0.4) is 0 Å². The Bertz CT molecular complexity index is 2480. The second-order valence-electron chi connectivity index (χ2n) is 16.7. The van der Waals surface area contributed by atoms with Crippen molar-refractivity contribution >= 4 is 47.0 Å². The monoisotopic (exact) mass is 1010 g/mol. The molecule has 6 heterocycles. The van der Waals surface area contributed by atoms with Gasteiger partial charge in [0.1, 0.15) is 17.5 Å². The van der Waals surface area contributed by atoms with E-state index in [4.69, 9.17) is 35.5 Å². The number of aromatic nitrogens is 6. The zero-order valence-corrected chi connectivity index (χ0v) is 42.4. The minimum absolute atomic E-state index is 0.0191. The highest BCUT2D eigenvalue weighted by Crippen LogP contribution is 2.24. The van der Waals surface area contributed by atoms with Crippen molar-refractivity contribution in [2.45, 2.75) is 0 Å². The Hall–Kier alpha value is -6.46. The Kier molecular flexibility index (Phi) is 21.8. The van der Waals surface area contributed by atoms with Crippen LogP contribution in [0.15, 0.2) is 78.9 Å². The third kappa shape index (κ3) is 16.3. The molecule has 8 rings (SSSR count). The van der Waals surface area contributed by atoms with Gasteiger partial charge in [0.25, 0.3) is 0 Å². The fraction of sp³-hybridized carbons (Fsp3) is 0.460. The predicted molar refractivity (Wildman–Crippen MR) is 273 cm³/mol. The van der Waals surface area contributed by atoms with E-state index in [0.717, 1.165) is 135 Å². The molecule has 0 aliphatic carbocycles. The minimum Gasteiger partial charge on any atom is -0.477 e. The highest BCUT2D eigenvalue weighted by molar-refractivity contribution is 6.28. The Morgan fingerprint density at radius 1 is 0.472 bits per heavy atom. The number of methoxy groups -OCH3 is 5. The summed E-state index contributed by atoms with van der Waals surface area (Å²) in [5.41, 5.74) is 2.15. The molecular formula is C50H65ClN12O9. The minimum atomic E-state index is -1.04. The molecule has 3 aromatic heterocycles. The summed E-state index contributed by atoms with van der Waals surface area (Å²) in [6.07, 6.45) is 0. The molecule has 0 radical (unpaired) electrons. The van der Waals surface area contributed by atoms with Gasteiger partial charge in [-0.3, -0.25) is 14.7 Å². The van der Waals surface area contributed by atoms with Crippen molar-refractivity contribution in [1.82, 2.24) is 44.6 Å². The molecule has 0 spiro atoms. The number of carboxylic acid groups (broad SMARTS) is 1. The number of nitrogens with zero attached hydrogens (tertiary/aromatic N) is 12. The first kappa shape index (κ1) is 54.9. The fourth-order valence-electron chi connectivity index (χ4n) is 7.98. The summed E-state index contributed by atoms with van der Waals surface area (Å²) < 4.78 is 24.9. The molecule has 72 heavy (non-hydrogen) atoms. The molecule has 0 amide bonds. The maximum atomic E-state index is 12.0. The Morgan fingerprint density at radius 2 is 0.806 bits per heavy atom. The number of carbonyl (C=O) groups excluding carboxylic acids is 2. The van der Waals surface area contributed by atoms with Crippen molar-refractivity contribution in [2.24, 2.45) is 0 Å². The van der Waals surface area contributed by atoms with Gasteiger partial charge in [-0.05, 0) is 11.6 Å². The van der Waals surface area contributed by atoms with Crippen LogP contribution in [0.5, 0.6) is 0 Å². The highest BCUT2D eigenvalue weighted by atomic mass is 35.5. The molecular weight excluding hydrogens is 948 g/mol. The fourth-order valence-corrected chi connectivity index (χ4v) is 8.16. The van der Waals surface area contributed by atoms with Crippen LogP contribution in [0.1, 0.15) is 31.5 Å². The highest BCUT2D eigenvalue weighted by Gasteiger charge is 2.24. The summed E-state index contributed by atoms with van der Waals surface area (Å²) in [5, 5.41) is 9.44. The van der Waals surface area contributed by atoms with Gasteiger partial charge in [0.15, 0.2) is 28.7 Å². The first-order valence-electron chi connectivity index (χ1n) is 23.7. The quantitative estimate of drug-likeness (QED) is 0.103. The van der Waals surface area contributed by atoms with E-state index >= 15 is 0 Å². The first-order chi connectivity index (χ1) is 35.0. The number of hydrogen-bond donors (Lipinski definition) is 1. The number of carbonyl (C=O) groups is 3. The van der Waals surface area contributed by atoms with Crippen LogP contribution in [0.4, 0.5) is 17.5 Å². The lowest BCUT2D eigenvalue weighted by Gasteiger charge is -2.35. The van der Waals surface area contributed by atoms with Crippen molar-refractivity contribution < 1.29 is 43.2 Å². The topological polar surface area (TPSA) is 214 Å². The van der Waals surface area contributed by atoms with Crippen molar-refractivity contribution in [3.05, 3.63) is 101 Å². The lowest BCUT2D eigenvalue weighted by atomic mass is 10.2. The number of anilines is 3. The van der Waals surface area contributed by atoms with Crippen LogP contribution in [-0.4, -0.2) is 221 Å². The Morgan fingerprint density at radius 3 is 1.15 bits per heavy atom. The molecule has 0 bridgehead atoms. The second kappa shape index (κ2) is 28.5. The molecule has 3 saturated heterocycles. The second-order valence-corrected chi connectivity index (χ2v) is 17.1. The molecule has 3 aliphatic heterocycles. The zero-order valence-electron chi connectivity index (χ0n) is 41.7. The average molecular weight is 1010 g/mol. The van der Waals surface area contributed by atoms with Crippen LogP contribution < -0.4 is 14.7 Å².